The van der Waals surface area contributed by atoms with Crippen molar-refractivity contribution in [3.8, 4) is 0 Å². The van der Waals surface area contributed by atoms with Crippen molar-refractivity contribution in [3.05, 3.63) is 71.8 Å². The minimum Gasteiger partial charge on any atom is -0.476 e. The van der Waals surface area contributed by atoms with Crippen molar-refractivity contribution in [2.75, 3.05) is 0 Å². The fourth-order valence-corrected chi connectivity index (χ4v) is 5.63. The lowest BCUT2D eigenvalue weighted by atomic mass is 10.0. The Bertz CT molecular complexity index is 769. The minimum absolute atomic E-state index is 0.00758. The van der Waals surface area contributed by atoms with Gasteiger partial charge in [0, 0.05) is 0 Å². The smallest absolute Gasteiger partial charge is 0.221 e. The average molecular weight is 479 g/mol. The number of ketones is 1. The summed E-state index contributed by atoms with van der Waals surface area (Å²) in [5, 5.41) is -1.03. The average Bonchev–Trinajstić information content (AvgIpc) is 2.70. The van der Waals surface area contributed by atoms with Crippen LogP contribution in [0, 0.1) is 0 Å². The van der Waals surface area contributed by atoms with Crippen LogP contribution in [0.4, 0.5) is 0 Å². The van der Waals surface area contributed by atoms with E-state index in [1.807, 2.05) is 88.4 Å². The molecule has 0 aliphatic carbocycles. The minimum atomic E-state index is -0.517. The van der Waals surface area contributed by atoms with E-state index in [1.54, 1.807) is 0 Å². The van der Waals surface area contributed by atoms with Gasteiger partial charge >= 0.3 is 0 Å². The van der Waals surface area contributed by atoms with Gasteiger partial charge in [-0.2, -0.15) is 0 Å². The Kier molecular flexibility index (Phi) is 10.3. The highest BCUT2D eigenvalue weighted by molar-refractivity contribution is 8.24. The third-order valence-corrected chi connectivity index (χ3v) is 6.64. The molecule has 0 bridgehead atoms. The molecular weight excluding hydrogens is 453 g/mol. The summed E-state index contributed by atoms with van der Waals surface area (Å²) in [6.45, 7) is 7.65. The molecule has 0 fully saturated rings. The number of ether oxygens (including phenoxy) is 2. The zero-order valence-electron chi connectivity index (χ0n) is 17.4. The summed E-state index contributed by atoms with van der Waals surface area (Å²) in [6.07, 6.45) is -0.106. The summed E-state index contributed by atoms with van der Waals surface area (Å²) in [5.41, 5.74) is 1.75. The van der Waals surface area contributed by atoms with Gasteiger partial charge in [-0.15, -0.1) is 0 Å². The van der Waals surface area contributed by atoms with E-state index in [9.17, 15) is 4.79 Å². The number of hydrogen-bond donors (Lipinski definition) is 0. The first-order valence-electron chi connectivity index (χ1n) is 9.66. The molecule has 0 aliphatic rings. The molecule has 0 spiro atoms. The molecule has 0 heterocycles. The van der Waals surface area contributed by atoms with Gasteiger partial charge in [0.1, 0.15) is 0 Å². The second-order valence-corrected chi connectivity index (χ2v) is 10.5. The third kappa shape index (κ3) is 8.02. The highest BCUT2D eigenvalue weighted by Crippen LogP contribution is 2.41. The van der Waals surface area contributed by atoms with Crippen LogP contribution >= 0.6 is 48.0 Å². The third-order valence-electron chi connectivity index (χ3n) is 3.81. The zero-order chi connectivity index (χ0) is 22.1. The van der Waals surface area contributed by atoms with Gasteiger partial charge in [-0.3, -0.25) is 4.79 Å². The van der Waals surface area contributed by atoms with Crippen LogP contribution in [0.3, 0.4) is 0 Å². The molecule has 0 aliphatic heterocycles. The van der Waals surface area contributed by atoms with Crippen LogP contribution in [0.25, 0.3) is 0 Å². The summed E-state index contributed by atoms with van der Waals surface area (Å²) < 4.78 is 12.0. The summed E-state index contributed by atoms with van der Waals surface area (Å²) >= 11 is 13.3. The molecular formula is C23H26O3S4. The van der Waals surface area contributed by atoms with Gasteiger partial charge in [0.25, 0.3) is 0 Å². The van der Waals surface area contributed by atoms with Crippen LogP contribution in [-0.2, 0) is 14.3 Å². The van der Waals surface area contributed by atoms with E-state index in [2.05, 4.69) is 0 Å². The van der Waals surface area contributed by atoms with Gasteiger partial charge in [0.15, 0.2) is 5.78 Å². The lowest BCUT2D eigenvalue weighted by Gasteiger charge is -2.24. The summed E-state index contributed by atoms with van der Waals surface area (Å²) in [6, 6.07) is 19.2. The van der Waals surface area contributed by atoms with E-state index in [0.29, 0.717) is 8.77 Å². The number of benzene rings is 2. The van der Waals surface area contributed by atoms with Crippen LogP contribution in [0.5, 0.6) is 0 Å². The molecule has 0 radical (unpaired) electrons. The predicted octanol–water partition coefficient (Wildman–Crippen LogP) is 6.92. The molecule has 30 heavy (non-hydrogen) atoms. The maximum atomic E-state index is 13.8. The molecule has 2 unspecified atom stereocenters. The van der Waals surface area contributed by atoms with Crippen molar-refractivity contribution in [3.63, 3.8) is 0 Å². The van der Waals surface area contributed by atoms with Crippen molar-refractivity contribution < 1.29 is 14.3 Å². The number of Topliss-reactive ketones (excluding diaryl/α,β-unsaturated/α-hetero) is 1. The Morgan fingerprint density at radius 1 is 0.700 bits per heavy atom. The highest BCUT2D eigenvalue weighted by atomic mass is 32.2. The molecule has 160 valence electrons. The molecule has 2 aromatic rings. The number of carbonyl (C=O) groups excluding carboxylic acids is 1. The second kappa shape index (κ2) is 12.4. The van der Waals surface area contributed by atoms with Gasteiger partial charge < -0.3 is 9.47 Å². The summed E-state index contributed by atoms with van der Waals surface area (Å²) in [4.78, 5) is 13.8. The number of rotatable bonds is 8. The van der Waals surface area contributed by atoms with Gasteiger partial charge in [0.05, 0.1) is 22.7 Å². The Balaban J connectivity index is 2.37. The quantitative estimate of drug-likeness (QED) is 0.381. The van der Waals surface area contributed by atoms with Gasteiger partial charge in [-0.05, 0) is 63.3 Å². The normalized spacial score (nSPS) is 13.0. The molecule has 2 rings (SSSR count). The molecule has 3 nitrogen and oxygen atoms in total. The van der Waals surface area contributed by atoms with Crippen LogP contribution in [0.2, 0.25) is 0 Å². The van der Waals surface area contributed by atoms with Crippen LogP contribution in [0.1, 0.15) is 49.3 Å². The standard InChI is InChI=1S/C23H26O3S4/c1-15(2)25-22(27)29-20(17-11-7-5-8-12-17)19(24)21(18-13-9-6-10-14-18)30-23(28)26-16(3)4/h5-16,20-21H,1-4H3. The predicted molar refractivity (Wildman–Crippen MR) is 136 cm³/mol. The molecule has 2 aromatic carbocycles. The SMILES string of the molecule is CC(C)OC(=S)SC(C(=O)C(SC(=S)OC(C)C)c1ccccc1)c1ccccc1. The van der Waals surface area contributed by atoms with Crippen molar-refractivity contribution in [1.82, 2.24) is 0 Å². The fourth-order valence-electron chi connectivity index (χ4n) is 2.61. The number of hydrogen-bond acceptors (Lipinski definition) is 7. The van der Waals surface area contributed by atoms with E-state index in [0.717, 1.165) is 11.1 Å². The second-order valence-electron chi connectivity index (χ2n) is 7.05. The largest absolute Gasteiger partial charge is 0.476 e. The van der Waals surface area contributed by atoms with E-state index >= 15 is 0 Å². The summed E-state index contributed by atoms with van der Waals surface area (Å²) in [5.74, 6) is -0.00758. The van der Waals surface area contributed by atoms with E-state index in [4.69, 9.17) is 33.9 Å². The Hall–Kier alpha value is -1.41. The van der Waals surface area contributed by atoms with Gasteiger partial charge in [0.2, 0.25) is 8.77 Å². The molecule has 0 saturated heterocycles. The lowest BCUT2D eigenvalue weighted by molar-refractivity contribution is -0.118. The van der Waals surface area contributed by atoms with Crippen molar-refractivity contribution in [1.29, 1.82) is 0 Å². The van der Waals surface area contributed by atoms with Crippen LogP contribution in [-0.4, -0.2) is 26.8 Å². The molecule has 7 heteroatoms. The molecule has 0 aromatic heterocycles. The van der Waals surface area contributed by atoms with Gasteiger partial charge in [-0.25, -0.2) is 0 Å². The Morgan fingerprint density at radius 3 is 1.33 bits per heavy atom. The first-order valence-corrected chi connectivity index (χ1v) is 12.2. The number of thiocarbonyl (C=S) groups is 2. The molecule has 0 N–H and O–H groups in total. The fraction of sp³-hybridized carbons (Fsp3) is 0.348. The van der Waals surface area contributed by atoms with Crippen molar-refractivity contribution in [2.45, 2.75) is 50.4 Å². The monoisotopic (exact) mass is 478 g/mol. The lowest BCUT2D eigenvalue weighted by Crippen LogP contribution is -2.21. The van der Waals surface area contributed by atoms with E-state index in [-0.39, 0.29) is 18.0 Å². The number of thioether (sulfide) groups is 2. The molecule has 2 atom stereocenters. The zero-order valence-corrected chi connectivity index (χ0v) is 20.7. The summed E-state index contributed by atoms with van der Waals surface area (Å²) in [7, 11) is 0. The molecule has 0 saturated carbocycles. The Labute approximate surface area is 198 Å². The first-order chi connectivity index (χ1) is 14.3. The Morgan fingerprint density at radius 2 is 1.03 bits per heavy atom. The topological polar surface area (TPSA) is 35.5 Å². The highest BCUT2D eigenvalue weighted by Gasteiger charge is 2.33. The van der Waals surface area contributed by atoms with E-state index in [1.165, 1.54) is 23.5 Å². The number of carbonyl (C=O) groups is 1. The van der Waals surface area contributed by atoms with Gasteiger partial charge in [-0.1, -0.05) is 84.2 Å². The molecule has 0 amide bonds. The van der Waals surface area contributed by atoms with Crippen LogP contribution in [0.15, 0.2) is 60.7 Å². The van der Waals surface area contributed by atoms with Crippen molar-refractivity contribution >= 4 is 62.5 Å². The maximum Gasteiger partial charge on any atom is 0.221 e. The van der Waals surface area contributed by atoms with Crippen molar-refractivity contribution in [2.24, 2.45) is 0 Å². The first kappa shape index (κ1) is 24.9. The van der Waals surface area contributed by atoms with Crippen LogP contribution < -0.4 is 0 Å². The van der Waals surface area contributed by atoms with E-state index < -0.39 is 10.5 Å². The maximum absolute atomic E-state index is 13.8.